The number of hydrogen-bond acceptors (Lipinski definition) is 7. The van der Waals surface area contributed by atoms with Crippen LogP contribution in [0.2, 0.25) is 5.02 Å². The number of carbonyl (C=O) groups excluding carboxylic acids is 1. The van der Waals surface area contributed by atoms with Crippen LogP contribution >= 0.6 is 11.6 Å². The predicted octanol–water partition coefficient (Wildman–Crippen LogP) is 5.38. The normalized spacial score (nSPS) is 14.4. The molecule has 184 valence electrons. The first-order valence-corrected chi connectivity index (χ1v) is 11.7. The van der Waals surface area contributed by atoms with E-state index in [4.69, 9.17) is 25.6 Å². The van der Waals surface area contributed by atoms with Crippen LogP contribution in [0.15, 0.2) is 57.8 Å². The van der Waals surface area contributed by atoms with Crippen LogP contribution in [0, 0.1) is 5.41 Å². The summed E-state index contributed by atoms with van der Waals surface area (Å²) in [5.74, 6) is 1.26. The fraction of sp³-hybridized carbons (Fsp3) is 0.259. The number of ether oxygens (including phenoxy) is 2. The zero-order valence-corrected chi connectivity index (χ0v) is 21.0. The molecule has 0 bridgehead atoms. The molecule has 1 aliphatic rings. The summed E-state index contributed by atoms with van der Waals surface area (Å²) in [6.45, 7) is 4.02. The van der Waals surface area contributed by atoms with Crippen molar-refractivity contribution in [3.05, 3.63) is 75.2 Å². The van der Waals surface area contributed by atoms with Crippen LogP contribution < -0.4 is 15.0 Å². The number of methoxy groups -OCH3 is 2. The molecule has 2 heterocycles. The van der Waals surface area contributed by atoms with E-state index in [0.717, 1.165) is 0 Å². The Morgan fingerprint density at radius 3 is 2.42 bits per heavy atom. The fourth-order valence-corrected chi connectivity index (χ4v) is 4.67. The molecule has 4 aromatic rings. The standard InChI is InChI=1S/C27H24ClN3O5/c1-27(2)13-21-18(22(32)14-27)12-19(25-29-24(30-36-25)15-5-7-16(28)8-6-15)26(33)31(21)20-11-17(34-3)9-10-23(20)35-4/h5-12H,13-14H2,1-4H3. The van der Waals surface area contributed by atoms with Gasteiger partial charge in [0.25, 0.3) is 11.4 Å². The van der Waals surface area contributed by atoms with E-state index in [-0.39, 0.29) is 22.7 Å². The number of rotatable bonds is 5. The lowest BCUT2D eigenvalue weighted by Gasteiger charge is -2.32. The van der Waals surface area contributed by atoms with Gasteiger partial charge < -0.3 is 14.0 Å². The highest BCUT2D eigenvalue weighted by Crippen LogP contribution is 2.38. The molecule has 5 rings (SSSR count). The first kappa shape index (κ1) is 23.8. The Labute approximate surface area is 212 Å². The fourth-order valence-electron chi connectivity index (χ4n) is 4.54. The van der Waals surface area contributed by atoms with Gasteiger partial charge in [-0.3, -0.25) is 14.2 Å². The van der Waals surface area contributed by atoms with Gasteiger partial charge in [0, 0.05) is 34.3 Å². The van der Waals surface area contributed by atoms with Crippen LogP contribution in [-0.2, 0) is 6.42 Å². The summed E-state index contributed by atoms with van der Waals surface area (Å²) in [6.07, 6.45) is 0.872. The van der Waals surface area contributed by atoms with E-state index in [0.29, 0.717) is 57.7 Å². The van der Waals surface area contributed by atoms with Gasteiger partial charge in [-0.05, 0) is 54.3 Å². The maximum atomic E-state index is 14.0. The van der Waals surface area contributed by atoms with Crippen molar-refractivity contribution in [1.82, 2.24) is 14.7 Å². The Hall–Kier alpha value is -3.91. The second-order valence-corrected chi connectivity index (χ2v) is 9.90. The van der Waals surface area contributed by atoms with Crippen LogP contribution in [0.25, 0.3) is 28.5 Å². The van der Waals surface area contributed by atoms with E-state index in [1.807, 2.05) is 13.8 Å². The zero-order chi connectivity index (χ0) is 25.6. The first-order chi connectivity index (χ1) is 17.2. The van der Waals surface area contributed by atoms with E-state index >= 15 is 0 Å². The van der Waals surface area contributed by atoms with Crippen LogP contribution in [0.5, 0.6) is 11.5 Å². The monoisotopic (exact) mass is 505 g/mol. The molecule has 0 radical (unpaired) electrons. The number of carbonyl (C=O) groups is 1. The molecule has 8 nitrogen and oxygen atoms in total. The number of nitrogens with zero attached hydrogens (tertiary/aromatic N) is 3. The van der Waals surface area contributed by atoms with Gasteiger partial charge in [-0.25, -0.2) is 0 Å². The maximum Gasteiger partial charge on any atom is 0.268 e. The van der Waals surface area contributed by atoms with Crippen molar-refractivity contribution in [1.29, 1.82) is 0 Å². The predicted molar refractivity (Wildman–Crippen MR) is 135 cm³/mol. The van der Waals surface area contributed by atoms with Crippen molar-refractivity contribution in [2.75, 3.05) is 14.2 Å². The minimum Gasteiger partial charge on any atom is -0.497 e. The molecule has 0 atom stereocenters. The average Bonchev–Trinajstić information content (AvgIpc) is 3.33. The summed E-state index contributed by atoms with van der Waals surface area (Å²) in [7, 11) is 3.07. The lowest BCUT2D eigenvalue weighted by Crippen LogP contribution is -2.35. The summed E-state index contributed by atoms with van der Waals surface area (Å²) in [6, 6.07) is 13.7. The number of benzene rings is 2. The van der Waals surface area contributed by atoms with Crippen molar-refractivity contribution < 1.29 is 18.8 Å². The number of pyridine rings is 1. The second kappa shape index (κ2) is 8.95. The van der Waals surface area contributed by atoms with Crippen molar-refractivity contribution in [3.8, 4) is 40.0 Å². The minimum atomic E-state index is -0.405. The largest absolute Gasteiger partial charge is 0.497 e. The molecule has 0 spiro atoms. The summed E-state index contributed by atoms with van der Waals surface area (Å²) >= 11 is 5.98. The molecule has 2 aromatic heterocycles. The lowest BCUT2D eigenvalue weighted by atomic mass is 9.75. The van der Waals surface area contributed by atoms with Crippen molar-refractivity contribution in [2.24, 2.45) is 5.41 Å². The van der Waals surface area contributed by atoms with Crippen molar-refractivity contribution in [2.45, 2.75) is 26.7 Å². The van der Waals surface area contributed by atoms with Gasteiger partial charge in [-0.2, -0.15) is 4.98 Å². The van der Waals surface area contributed by atoms with Crippen LogP contribution in [-0.4, -0.2) is 34.7 Å². The number of hydrogen-bond donors (Lipinski definition) is 0. The van der Waals surface area contributed by atoms with Crippen molar-refractivity contribution in [3.63, 3.8) is 0 Å². The molecule has 0 amide bonds. The summed E-state index contributed by atoms with van der Waals surface area (Å²) in [5.41, 5.74) is 1.59. The minimum absolute atomic E-state index is 0.0148. The average molecular weight is 506 g/mol. The lowest BCUT2D eigenvalue weighted by molar-refractivity contribution is 0.0909. The molecule has 36 heavy (non-hydrogen) atoms. The maximum absolute atomic E-state index is 14.0. The molecule has 9 heteroatoms. The highest BCUT2D eigenvalue weighted by Gasteiger charge is 2.35. The number of ketones is 1. The van der Waals surface area contributed by atoms with Gasteiger partial charge in [0.15, 0.2) is 5.78 Å². The topological polar surface area (TPSA) is 96.4 Å². The molecular weight excluding hydrogens is 482 g/mol. The Kier molecular flexibility index (Phi) is 5.92. The molecule has 0 aliphatic heterocycles. The third kappa shape index (κ3) is 4.18. The molecule has 0 saturated heterocycles. The smallest absolute Gasteiger partial charge is 0.268 e. The van der Waals surface area contributed by atoms with E-state index in [1.54, 1.807) is 55.6 Å². The molecule has 1 aliphatic carbocycles. The summed E-state index contributed by atoms with van der Waals surface area (Å²) < 4.78 is 18.0. The van der Waals surface area contributed by atoms with E-state index in [2.05, 4.69) is 10.1 Å². The van der Waals surface area contributed by atoms with E-state index < -0.39 is 5.56 Å². The van der Waals surface area contributed by atoms with Gasteiger partial charge >= 0.3 is 0 Å². The van der Waals surface area contributed by atoms with E-state index in [9.17, 15) is 9.59 Å². The van der Waals surface area contributed by atoms with Crippen LogP contribution in [0.3, 0.4) is 0 Å². The Morgan fingerprint density at radius 1 is 0.972 bits per heavy atom. The van der Waals surface area contributed by atoms with Gasteiger partial charge in [0.2, 0.25) is 5.82 Å². The first-order valence-electron chi connectivity index (χ1n) is 11.4. The van der Waals surface area contributed by atoms with Crippen LogP contribution in [0.1, 0.15) is 36.3 Å². The third-order valence-corrected chi connectivity index (χ3v) is 6.53. The highest BCUT2D eigenvalue weighted by molar-refractivity contribution is 6.30. The Morgan fingerprint density at radius 2 is 1.72 bits per heavy atom. The number of aromatic nitrogens is 3. The SMILES string of the molecule is COc1ccc(OC)c(-n2c3c(cc(-c4nc(-c5ccc(Cl)cc5)no4)c2=O)C(=O)CC(C)(C)C3)c1. The summed E-state index contributed by atoms with van der Waals surface area (Å²) in [5, 5.41) is 4.62. The molecule has 0 fully saturated rings. The van der Waals surface area contributed by atoms with Gasteiger partial charge in [0.1, 0.15) is 17.1 Å². The molecule has 0 N–H and O–H groups in total. The quantitative estimate of drug-likeness (QED) is 0.359. The highest BCUT2D eigenvalue weighted by atomic mass is 35.5. The molecular formula is C27H24ClN3O5. The zero-order valence-electron chi connectivity index (χ0n) is 20.3. The van der Waals surface area contributed by atoms with Gasteiger partial charge in [-0.15, -0.1) is 0 Å². The number of fused-ring (bicyclic) bond motifs is 1. The molecule has 0 unspecified atom stereocenters. The summed E-state index contributed by atoms with van der Waals surface area (Å²) in [4.78, 5) is 31.7. The second-order valence-electron chi connectivity index (χ2n) is 9.47. The Balaban J connectivity index is 1.77. The van der Waals surface area contributed by atoms with Crippen LogP contribution in [0.4, 0.5) is 0 Å². The molecule has 0 saturated carbocycles. The molecule has 2 aromatic carbocycles. The van der Waals surface area contributed by atoms with Crippen molar-refractivity contribution >= 4 is 17.4 Å². The number of halogens is 1. The van der Waals surface area contributed by atoms with E-state index in [1.165, 1.54) is 11.7 Å². The Bertz CT molecular complexity index is 1540. The van der Waals surface area contributed by atoms with Gasteiger partial charge in [-0.1, -0.05) is 30.6 Å². The number of Topliss-reactive ketones (excluding diaryl/α,β-unsaturated/α-hetero) is 1. The van der Waals surface area contributed by atoms with Gasteiger partial charge in [0.05, 0.1) is 19.9 Å². The third-order valence-electron chi connectivity index (χ3n) is 6.27.